The van der Waals surface area contributed by atoms with Crippen LogP contribution in [0.4, 0.5) is 0 Å². The molecule has 20 heavy (non-hydrogen) atoms. The molecule has 0 saturated carbocycles. The van der Waals surface area contributed by atoms with E-state index in [4.69, 9.17) is 0 Å². The van der Waals surface area contributed by atoms with Gasteiger partial charge < -0.3 is 10.6 Å². The van der Waals surface area contributed by atoms with Gasteiger partial charge in [-0.3, -0.25) is 9.59 Å². The molecule has 0 aliphatic heterocycles. The maximum Gasteiger partial charge on any atom is 0.239 e. The van der Waals surface area contributed by atoms with Gasteiger partial charge >= 0.3 is 0 Å². The summed E-state index contributed by atoms with van der Waals surface area (Å²) in [7, 11) is 1.54. The van der Waals surface area contributed by atoms with Crippen molar-refractivity contribution in [2.75, 3.05) is 19.3 Å². The molecule has 0 heterocycles. The van der Waals surface area contributed by atoms with Crippen LogP contribution in [-0.4, -0.2) is 31.2 Å². The molecule has 0 unspecified atom stereocenters. The molecule has 0 atom stereocenters. The molecule has 2 N–H and O–H groups in total. The van der Waals surface area contributed by atoms with Crippen LogP contribution in [0.15, 0.2) is 29.2 Å². The highest BCUT2D eigenvalue weighted by molar-refractivity contribution is 8.00. The summed E-state index contributed by atoms with van der Waals surface area (Å²) in [5.74, 6) is -0.0253. The van der Waals surface area contributed by atoms with E-state index in [9.17, 15) is 9.59 Å². The van der Waals surface area contributed by atoms with E-state index in [1.54, 1.807) is 7.05 Å². The predicted octanol–water partition coefficient (Wildman–Crippen LogP) is 1.94. The first-order chi connectivity index (χ1) is 9.32. The van der Waals surface area contributed by atoms with Crippen LogP contribution in [0.5, 0.6) is 0 Å². The molecular formula is C15H22N2O2S. The molecule has 2 amide bonds. The fourth-order valence-electron chi connectivity index (χ4n) is 1.52. The molecule has 0 spiro atoms. The number of carbonyl (C=O) groups excluding carboxylic acids is 2. The standard InChI is InChI=1S/C15H22N2O2S/c1-15(2,3)11-5-7-12(8-6-11)20-10-14(19)17-9-13(18)16-4/h5-8H,9-10H2,1-4H3,(H,16,18)(H,17,19). The van der Waals surface area contributed by atoms with Crippen LogP contribution >= 0.6 is 11.8 Å². The maximum atomic E-state index is 11.6. The van der Waals surface area contributed by atoms with E-state index in [2.05, 4.69) is 43.5 Å². The zero-order valence-corrected chi connectivity index (χ0v) is 13.3. The van der Waals surface area contributed by atoms with Crippen LogP contribution in [0.25, 0.3) is 0 Å². The van der Waals surface area contributed by atoms with Crippen molar-refractivity contribution in [3.05, 3.63) is 29.8 Å². The molecular weight excluding hydrogens is 272 g/mol. The van der Waals surface area contributed by atoms with Crippen LogP contribution in [0, 0.1) is 0 Å². The van der Waals surface area contributed by atoms with E-state index in [1.807, 2.05) is 12.1 Å². The van der Waals surface area contributed by atoms with Gasteiger partial charge in [-0.15, -0.1) is 11.8 Å². The number of amides is 2. The Morgan fingerprint density at radius 1 is 1.10 bits per heavy atom. The predicted molar refractivity (Wildman–Crippen MR) is 82.9 cm³/mol. The molecule has 1 aromatic rings. The second-order valence-corrected chi connectivity index (χ2v) is 6.56. The van der Waals surface area contributed by atoms with E-state index in [1.165, 1.54) is 17.3 Å². The summed E-state index contributed by atoms with van der Waals surface area (Å²) in [6.45, 7) is 6.53. The first-order valence-corrected chi connectivity index (χ1v) is 7.52. The van der Waals surface area contributed by atoms with E-state index < -0.39 is 0 Å². The van der Waals surface area contributed by atoms with Gasteiger partial charge in [-0.1, -0.05) is 32.9 Å². The van der Waals surface area contributed by atoms with Gasteiger partial charge in [0.05, 0.1) is 12.3 Å². The summed E-state index contributed by atoms with van der Waals surface area (Å²) in [6, 6.07) is 8.23. The minimum absolute atomic E-state index is 0.0266. The zero-order valence-electron chi connectivity index (χ0n) is 12.4. The number of rotatable bonds is 5. The molecule has 0 fully saturated rings. The highest BCUT2D eigenvalue weighted by Crippen LogP contribution is 2.25. The van der Waals surface area contributed by atoms with Crippen LogP contribution < -0.4 is 10.6 Å². The SMILES string of the molecule is CNC(=O)CNC(=O)CSc1ccc(C(C)(C)C)cc1. The van der Waals surface area contributed by atoms with Crippen molar-refractivity contribution >= 4 is 23.6 Å². The third-order valence-electron chi connectivity index (χ3n) is 2.82. The Balaban J connectivity index is 2.42. The Morgan fingerprint density at radius 3 is 2.20 bits per heavy atom. The second-order valence-electron chi connectivity index (χ2n) is 5.51. The van der Waals surface area contributed by atoms with Gasteiger partial charge in [0.1, 0.15) is 0 Å². The first-order valence-electron chi connectivity index (χ1n) is 6.53. The molecule has 5 heteroatoms. The van der Waals surface area contributed by atoms with Gasteiger partial charge in [0.15, 0.2) is 0 Å². The molecule has 0 bridgehead atoms. The first kappa shape index (κ1) is 16.6. The van der Waals surface area contributed by atoms with E-state index in [-0.39, 0.29) is 23.8 Å². The van der Waals surface area contributed by atoms with Crippen molar-refractivity contribution < 1.29 is 9.59 Å². The zero-order chi connectivity index (χ0) is 15.2. The summed E-state index contributed by atoms with van der Waals surface area (Å²) in [5, 5.41) is 5.02. The number of thioether (sulfide) groups is 1. The quantitative estimate of drug-likeness (QED) is 0.816. The van der Waals surface area contributed by atoms with E-state index in [0.717, 1.165) is 4.90 Å². The third-order valence-corrected chi connectivity index (χ3v) is 3.83. The fourth-order valence-corrected chi connectivity index (χ4v) is 2.25. The minimum Gasteiger partial charge on any atom is -0.358 e. The van der Waals surface area contributed by atoms with Gasteiger partial charge in [0, 0.05) is 11.9 Å². The largest absolute Gasteiger partial charge is 0.358 e. The third kappa shape index (κ3) is 5.65. The van der Waals surface area contributed by atoms with Crippen molar-refractivity contribution in [2.24, 2.45) is 0 Å². The molecule has 1 rings (SSSR count). The molecule has 0 radical (unpaired) electrons. The van der Waals surface area contributed by atoms with E-state index >= 15 is 0 Å². The lowest BCUT2D eigenvalue weighted by Crippen LogP contribution is -2.35. The molecule has 0 aliphatic carbocycles. The van der Waals surface area contributed by atoms with Gasteiger partial charge in [-0.05, 0) is 23.1 Å². The Bertz CT molecular complexity index is 464. The highest BCUT2D eigenvalue weighted by atomic mass is 32.2. The topological polar surface area (TPSA) is 58.2 Å². The number of benzene rings is 1. The van der Waals surface area contributed by atoms with Gasteiger partial charge in [0.2, 0.25) is 11.8 Å². The van der Waals surface area contributed by atoms with Crippen molar-refractivity contribution in [3.8, 4) is 0 Å². The number of hydrogen-bond acceptors (Lipinski definition) is 3. The van der Waals surface area contributed by atoms with Gasteiger partial charge in [-0.2, -0.15) is 0 Å². The van der Waals surface area contributed by atoms with Crippen LogP contribution in [0.2, 0.25) is 0 Å². The van der Waals surface area contributed by atoms with Crippen molar-refractivity contribution in [2.45, 2.75) is 31.1 Å². The lowest BCUT2D eigenvalue weighted by molar-refractivity contribution is -0.124. The van der Waals surface area contributed by atoms with Crippen LogP contribution in [0.3, 0.4) is 0 Å². The molecule has 4 nitrogen and oxygen atoms in total. The Morgan fingerprint density at radius 2 is 1.70 bits per heavy atom. The Kier molecular flexibility index (Phi) is 6.07. The molecule has 0 aromatic heterocycles. The van der Waals surface area contributed by atoms with Crippen LogP contribution in [0.1, 0.15) is 26.3 Å². The second kappa shape index (κ2) is 7.33. The van der Waals surface area contributed by atoms with Gasteiger partial charge in [0.25, 0.3) is 0 Å². The highest BCUT2D eigenvalue weighted by Gasteiger charge is 2.13. The van der Waals surface area contributed by atoms with Crippen molar-refractivity contribution in [1.82, 2.24) is 10.6 Å². The Hall–Kier alpha value is -1.49. The van der Waals surface area contributed by atoms with Crippen LogP contribution in [-0.2, 0) is 15.0 Å². The minimum atomic E-state index is -0.196. The smallest absolute Gasteiger partial charge is 0.239 e. The van der Waals surface area contributed by atoms with E-state index in [0.29, 0.717) is 5.75 Å². The average molecular weight is 294 g/mol. The number of hydrogen-bond donors (Lipinski definition) is 2. The van der Waals surface area contributed by atoms with Gasteiger partial charge in [-0.25, -0.2) is 0 Å². The lowest BCUT2D eigenvalue weighted by Gasteiger charge is -2.19. The average Bonchev–Trinajstić information content (AvgIpc) is 2.41. The molecule has 110 valence electrons. The molecule has 0 saturated heterocycles. The molecule has 0 aliphatic rings. The summed E-state index contributed by atoms with van der Waals surface area (Å²) in [6.07, 6.45) is 0. The van der Waals surface area contributed by atoms with Crippen molar-refractivity contribution in [1.29, 1.82) is 0 Å². The Labute approximate surface area is 124 Å². The summed E-state index contributed by atoms with van der Waals surface area (Å²) in [4.78, 5) is 23.6. The summed E-state index contributed by atoms with van der Waals surface area (Å²) < 4.78 is 0. The number of likely N-dealkylation sites (N-methyl/N-ethyl adjacent to an activating group) is 1. The number of carbonyl (C=O) groups is 2. The molecule has 1 aromatic carbocycles. The lowest BCUT2D eigenvalue weighted by atomic mass is 9.87. The number of nitrogens with one attached hydrogen (secondary N) is 2. The maximum absolute atomic E-state index is 11.6. The monoisotopic (exact) mass is 294 g/mol. The fraction of sp³-hybridized carbons (Fsp3) is 0.467. The summed E-state index contributed by atoms with van der Waals surface area (Å²) >= 11 is 1.46. The summed E-state index contributed by atoms with van der Waals surface area (Å²) in [5.41, 5.74) is 1.40. The van der Waals surface area contributed by atoms with Crippen molar-refractivity contribution in [3.63, 3.8) is 0 Å². The normalized spacial score (nSPS) is 11.0.